The molecule has 0 rings (SSSR count). The molecule has 0 spiro atoms. The molecule has 0 saturated carbocycles. The maximum absolute atomic E-state index is 10.9. The van der Waals surface area contributed by atoms with Crippen LogP contribution in [0.4, 0.5) is 0 Å². The van der Waals surface area contributed by atoms with Crippen molar-refractivity contribution in [2.45, 2.75) is 84.0 Å². The lowest BCUT2D eigenvalue weighted by Gasteiger charge is -2.01. The van der Waals surface area contributed by atoms with Crippen LogP contribution in [0.15, 0.2) is 24.3 Å². The van der Waals surface area contributed by atoms with E-state index >= 15 is 0 Å². The van der Waals surface area contributed by atoms with Crippen molar-refractivity contribution in [2.75, 3.05) is 0 Å². The molecule has 22 heavy (non-hydrogen) atoms. The van der Waals surface area contributed by atoms with E-state index in [4.69, 9.17) is 4.89 Å². The van der Waals surface area contributed by atoms with Gasteiger partial charge >= 0.3 is 5.97 Å². The van der Waals surface area contributed by atoms with Crippen molar-refractivity contribution < 1.29 is 14.2 Å². The standard InChI is InChI=1S/C18H33O3P/c1-2-3-4-5-6-7-8-9-10-11-12-13-14-15-16-17-18(19)21-22-20/h14-17,20,22H,2-13H2,1H3/b15-14+,17-16+. The molecular formula is C18H33O3P. The maximum atomic E-state index is 10.9. The fourth-order valence-corrected chi connectivity index (χ4v) is 2.47. The van der Waals surface area contributed by atoms with Crippen LogP contribution in [0.2, 0.25) is 0 Å². The van der Waals surface area contributed by atoms with Crippen molar-refractivity contribution in [2.24, 2.45) is 0 Å². The second kappa shape index (κ2) is 18.4. The lowest BCUT2D eigenvalue weighted by molar-refractivity contribution is -0.128. The fraction of sp³-hybridized carbons (Fsp3) is 0.722. The monoisotopic (exact) mass is 328 g/mol. The van der Waals surface area contributed by atoms with Crippen molar-refractivity contribution in [1.82, 2.24) is 0 Å². The number of allylic oxidation sites excluding steroid dienone is 3. The van der Waals surface area contributed by atoms with Crippen LogP contribution in [0.5, 0.6) is 0 Å². The first-order valence-electron chi connectivity index (χ1n) is 8.74. The van der Waals surface area contributed by atoms with E-state index in [1.54, 1.807) is 6.08 Å². The molecule has 0 fully saturated rings. The average Bonchev–Trinajstić information content (AvgIpc) is 2.51. The third kappa shape index (κ3) is 17.4. The molecule has 0 aliphatic carbocycles. The van der Waals surface area contributed by atoms with Crippen LogP contribution >= 0.6 is 9.03 Å². The van der Waals surface area contributed by atoms with Crippen LogP contribution in [-0.4, -0.2) is 10.9 Å². The van der Waals surface area contributed by atoms with E-state index in [0.717, 1.165) is 6.42 Å². The van der Waals surface area contributed by atoms with Gasteiger partial charge < -0.3 is 9.42 Å². The van der Waals surface area contributed by atoms with Gasteiger partial charge in [0.2, 0.25) is 9.03 Å². The number of hydrogen-bond donors (Lipinski definition) is 1. The van der Waals surface area contributed by atoms with Gasteiger partial charge in [0.05, 0.1) is 0 Å². The van der Waals surface area contributed by atoms with Gasteiger partial charge in [-0.05, 0) is 12.8 Å². The summed E-state index contributed by atoms with van der Waals surface area (Å²) in [5, 5.41) is 0. The first-order chi connectivity index (χ1) is 10.8. The highest BCUT2D eigenvalue weighted by Gasteiger charge is 1.93. The number of unbranched alkanes of at least 4 members (excludes halogenated alkanes) is 11. The van der Waals surface area contributed by atoms with Crippen molar-refractivity contribution in [3.05, 3.63) is 24.3 Å². The molecule has 0 radical (unpaired) electrons. The van der Waals surface area contributed by atoms with E-state index in [1.807, 2.05) is 6.08 Å². The van der Waals surface area contributed by atoms with Gasteiger partial charge in [0.1, 0.15) is 0 Å². The molecule has 4 heteroatoms. The minimum Gasteiger partial charge on any atom is -0.417 e. The minimum absolute atomic E-state index is 0.500. The molecular weight excluding hydrogens is 295 g/mol. The largest absolute Gasteiger partial charge is 0.417 e. The summed E-state index contributed by atoms with van der Waals surface area (Å²) >= 11 is 0. The predicted octanol–water partition coefficient (Wildman–Crippen LogP) is 5.84. The van der Waals surface area contributed by atoms with Crippen molar-refractivity contribution in [3.63, 3.8) is 0 Å². The quantitative estimate of drug-likeness (QED) is 0.178. The smallest absolute Gasteiger partial charge is 0.335 e. The molecule has 0 bridgehead atoms. The van der Waals surface area contributed by atoms with Gasteiger partial charge in [-0.1, -0.05) is 89.4 Å². The summed E-state index contributed by atoms with van der Waals surface area (Å²) in [6.45, 7) is 2.26. The predicted molar refractivity (Wildman–Crippen MR) is 96.0 cm³/mol. The summed E-state index contributed by atoms with van der Waals surface area (Å²) in [5.41, 5.74) is 0. The molecule has 0 aromatic carbocycles. The lowest BCUT2D eigenvalue weighted by Crippen LogP contribution is -1.89. The Morgan fingerprint density at radius 2 is 1.45 bits per heavy atom. The number of carbonyl (C=O) groups excluding carboxylic acids is 1. The first-order valence-corrected chi connectivity index (χ1v) is 9.60. The van der Waals surface area contributed by atoms with Gasteiger partial charge in [-0.3, -0.25) is 0 Å². The molecule has 0 heterocycles. The van der Waals surface area contributed by atoms with Gasteiger partial charge in [0.15, 0.2) is 0 Å². The van der Waals surface area contributed by atoms with E-state index in [-0.39, 0.29) is 0 Å². The molecule has 1 atom stereocenters. The summed E-state index contributed by atoms with van der Waals surface area (Å²) < 4.78 is 4.38. The third-order valence-corrected chi connectivity index (χ3v) is 3.89. The normalized spacial score (nSPS) is 12.1. The molecule has 0 aliphatic rings. The topological polar surface area (TPSA) is 46.5 Å². The Kier molecular flexibility index (Phi) is 17.8. The van der Waals surface area contributed by atoms with Crippen LogP contribution < -0.4 is 0 Å². The molecule has 0 aromatic rings. The highest BCUT2D eigenvalue weighted by molar-refractivity contribution is 7.25. The van der Waals surface area contributed by atoms with Crippen LogP contribution in [0.1, 0.15) is 84.0 Å². The van der Waals surface area contributed by atoms with Crippen LogP contribution in [0.25, 0.3) is 0 Å². The Hall–Kier alpha value is -0.660. The van der Waals surface area contributed by atoms with Crippen molar-refractivity contribution in [3.8, 4) is 0 Å². The van der Waals surface area contributed by atoms with Crippen LogP contribution in [-0.2, 0) is 9.32 Å². The second-order valence-corrected chi connectivity index (χ2v) is 6.01. The summed E-state index contributed by atoms with van der Waals surface area (Å²) in [6.07, 6.45) is 22.9. The molecule has 1 N–H and O–H groups in total. The number of hydrogen-bond acceptors (Lipinski definition) is 3. The van der Waals surface area contributed by atoms with Gasteiger partial charge in [0, 0.05) is 6.08 Å². The average molecular weight is 328 g/mol. The molecule has 0 aromatic heterocycles. The Bertz CT molecular complexity index is 301. The van der Waals surface area contributed by atoms with Gasteiger partial charge in [0.25, 0.3) is 0 Å². The highest BCUT2D eigenvalue weighted by Crippen LogP contribution is 2.12. The molecule has 3 nitrogen and oxygen atoms in total. The zero-order valence-electron chi connectivity index (χ0n) is 14.1. The zero-order chi connectivity index (χ0) is 16.3. The van der Waals surface area contributed by atoms with Gasteiger partial charge in [-0.2, -0.15) is 0 Å². The summed E-state index contributed by atoms with van der Waals surface area (Å²) in [5.74, 6) is -0.500. The highest BCUT2D eigenvalue weighted by atomic mass is 31.1. The molecule has 0 amide bonds. The Balaban J connectivity index is 3.21. The van der Waals surface area contributed by atoms with Crippen LogP contribution in [0.3, 0.4) is 0 Å². The van der Waals surface area contributed by atoms with E-state index in [9.17, 15) is 4.79 Å². The van der Waals surface area contributed by atoms with E-state index in [2.05, 4.69) is 17.5 Å². The van der Waals surface area contributed by atoms with E-state index in [1.165, 1.54) is 76.7 Å². The van der Waals surface area contributed by atoms with Gasteiger partial charge in [-0.25, -0.2) is 4.79 Å². The summed E-state index contributed by atoms with van der Waals surface area (Å²) in [4.78, 5) is 19.3. The second-order valence-electron chi connectivity index (χ2n) is 5.62. The van der Waals surface area contributed by atoms with Crippen molar-refractivity contribution in [1.29, 1.82) is 0 Å². The van der Waals surface area contributed by atoms with Crippen molar-refractivity contribution >= 4 is 15.0 Å². The maximum Gasteiger partial charge on any atom is 0.335 e. The summed E-state index contributed by atoms with van der Waals surface area (Å²) in [7, 11) is -0.776. The zero-order valence-corrected chi connectivity index (χ0v) is 15.1. The summed E-state index contributed by atoms with van der Waals surface area (Å²) in [6, 6.07) is 0. The molecule has 0 aliphatic heterocycles. The Morgan fingerprint density at radius 3 is 2.00 bits per heavy atom. The molecule has 0 saturated heterocycles. The molecule has 128 valence electrons. The van der Waals surface area contributed by atoms with E-state index < -0.39 is 15.0 Å². The third-order valence-electron chi connectivity index (χ3n) is 3.60. The Labute approximate surface area is 138 Å². The Morgan fingerprint density at radius 1 is 0.909 bits per heavy atom. The SMILES string of the molecule is CCCCCCCCCCCCC/C=C/C=C/C(=O)OPO. The fourth-order valence-electron chi connectivity index (χ4n) is 2.31. The first kappa shape index (κ1) is 21.3. The number of carbonyl (C=O) groups is 1. The lowest BCUT2D eigenvalue weighted by atomic mass is 10.1. The van der Waals surface area contributed by atoms with Gasteiger partial charge in [-0.15, -0.1) is 0 Å². The van der Waals surface area contributed by atoms with Crippen LogP contribution in [0, 0.1) is 0 Å². The van der Waals surface area contributed by atoms with E-state index in [0.29, 0.717) is 0 Å². The molecule has 1 unspecified atom stereocenters. The minimum atomic E-state index is -0.776. The number of rotatable bonds is 15.